The van der Waals surface area contributed by atoms with Crippen molar-refractivity contribution >= 4 is 11.6 Å². The van der Waals surface area contributed by atoms with E-state index in [1.165, 1.54) is 10.6 Å². The van der Waals surface area contributed by atoms with Crippen molar-refractivity contribution in [2.75, 3.05) is 0 Å². The Balaban J connectivity index is 2.75. The Morgan fingerprint density at radius 2 is 1.95 bits per heavy atom. The van der Waals surface area contributed by atoms with Crippen LogP contribution < -0.4 is 5.56 Å². The highest BCUT2D eigenvalue weighted by Crippen LogP contribution is 2.22. The number of carboxylic acid groups (broad SMARTS) is 1. The first-order chi connectivity index (χ1) is 10.1. The maximum atomic E-state index is 12.3. The van der Waals surface area contributed by atoms with Crippen LogP contribution in [0.2, 0.25) is 0 Å². The lowest BCUT2D eigenvalue weighted by Crippen LogP contribution is -2.24. The monoisotopic (exact) mass is 305 g/mol. The molecule has 0 saturated carbocycles. The number of aliphatic carboxylic acids is 1. The Hall–Kier alpha value is -2.11. The van der Waals surface area contributed by atoms with E-state index in [4.69, 9.17) is 5.11 Å². The standard InChI is InChI=1S/C16H23N3O3/c1-10(2)9-18-11(7-15(21)22)6-14(20)19-13(18)8-12(17-19)16(3,4)5/h6,8,10H,7,9H2,1-5H3,(H,21,22). The fraction of sp³-hybridized carbons (Fsp3) is 0.562. The third-order valence-corrected chi connectivity index (χ3v) is 3.46. The number of rotatable bonds is 4. The van der Waals surface area contributed by atoms with Crippen LogP contribution in [-0.2, 0) is 23.2 Å². The fourth-order valence-corrected chi connectivity index (χ4v) is 2.40. The second-order valence-electron chi connectivity index (χ2n) is 7.10. The summed E-state index contributed by atoms with van der Waals surface area (Å²) in [6, 6.07) is 3.26. The van der Waals surface area contributed by atoms with Crippen LogP contribution in [0.3, 0.4) is 0 Å². The number of aromatic nitrogens is 3. The summed E-state index contributed by atoms with van der Waals surface area (Å²) >= 11 is 0. The van der Waals surface area contributed by atoms with Crippen LogP contribution in [0.15, 0.2) is 16.9 Å². The molecule has 0 saturated heterocycles. The molecule has 0 spiro atoms. The van der Waals surface area contributed by atoms with Gasteiger partial charge in [0.15, 0.2) is 0 Å². The van der Waals surface area contributed by atoms with Gasteiger partial charge in [0.2, 0.25) is 0 Å². The molecule has 6 nitrogen and oxygen atoms in total. The van der Waals surface area contributed by atoms with E-state index in [0.717, 1.165) is 5.69 Å². The number of carboxylic acids is 1. The second-order valence-corrected chi connectivity index (χ2v) is 7.10. The fourth-order valence-electron chi connectivity index (χ4n) is 2.40. The molecule has 2 aromatic rings. The van der Waals surface area contributed by atoms with E-state index in [9.17, 15) is 9.59 Å². The van der Waals surface area contributed by atoms with Gasteiger partial charge in [-0.15, -0.1) is 0 Å². The van der Waals surface area contributed by atoms with E-state index in [-0.39, 0.29) is 17.4 Å². The van der Waals surface area contributed by atoms with Gasteiger partial charge in [0, 0.05) is 29.8 Å². The van der Waals surface area contributed by atoms with Gasteiger partial charge in [0.05, 0.1) is 12.1 Å². The van der Waals surface area contributed by atoms with Gasteiger partial charge in [0.25, 0.3) is 5.56 Å². The SMILES string of the molecule is CC(C)Cn1c(CC(=O)O)cc(=O)n2nc(C(C)(C)C)cc12. The highest BCUT2D eigenvalue weighted by Gasteiger charge is 2.21. The summed E-state index contributed by atoms with van der Waals surface area (Å²) in [5, 5.41) is 13.5. The molecule has 0 amide bonds. The van der Waals surface area contributed by atoms with E-state index in [1.807, 2.05) is 31.4 Å². The van der Waals surface area contributed by atoms with E-state index >= 15 is 0 Å². The zero-order chi connectivity index (χ0) is 16.7. The van der Waals surface area contributed by atoms with Crippen molar-refractivity contribution in [2.24, 2.45) is 5.92 Å². The molecule has 120 valence electrons. The first kappa shape index (κ1) is 16.3. The van der Waals surface area contributed by atoms with E-state index in [1.54, 1.807) is 0 Å². The largest absolute Gasteiger partial charge is 0.481 e. The van der Waals surface area contributed by atoms with Crippen LogP contribution in [0.5, 0.6) is 0 Å². The Kier molecular flexibility index (Phi) is 4.13. The van der Waals surface area contributed by atoms with Crippen molar-refractivity contribution in [1.82, 2.24) is 14.2 Å². The van der Waals surface area contributed by atoms with Gasteiger partial charge in [-0.3, -0.25) is 9.59 Å². The number of hydrogen-bond acceptors (Lipinski definition) is 3. The number of fused-ring (bicyclic) bond motifs is 1. The van der Waals surface area contributed by atoms with Crippen LogP contribution in [-0.4, -0.2) is 25.3 Å². The first-order valence-corrected chi connectivity index (χ1v) is 7.44. The normalized spacial score (nSPS) is 12.3. The van der Waals surface area contributed by atoms with E-state index in [2.05, 4.69) is 18.9 Å². The maximum absolute atomic E-state index is 12.3. The molecule has 2 aromatic heterocycles. The van der Waals surface area contributed by atoms with Crippen molar-refractivity contribution in [3.05, 3.63) is 33.9 Å². The molecule has 0 bridgehead atoms. The summed E-state index contributed by atoms with van der Waals surface area (Å²) in [7, 11) is 0. The average molecular weight is 305 g/mol. The molecule has 22 heavy (non-hydrogen) atoms. The van der Waals surface area contributed by atoms with Gasteiger partial charge < -0.3 is 9.67 Å². The third kappa shape index (κ3) is 3.21. The van der Waals surface area contributed by atoms with Gasteiger partial charge in [-0.25, -0.2) is 0 Å². The molecule has 0 fully saturated rings. The molecular formula is C16H23N3O3. The van der Waals surface area contributed by atoms with Crippen LogP contribution in [0.1, 0.15) is 46.0 Å². The second kappa shape index (κ2) is 5.59. The predicted molar refractivity (Wildman–Crippen MR) is 84.3 cm³/mol. The minimum absolute atomic E-state index is 0.172. The van der Waals surface area contributed by atoms with Crippen molar-refractivity contribution in [1.29, 1.82) is 0 Å². The van der Waals surface area contributed by atoms with E-state index < -0.39 is 5.97 Å². The molecule has 0 aliphatic heterocycles. The summed E-state index contributed by atoms with van der Waals surface area (Å²) in [5.74, 6) is -0.622. The smallest absolute Gasteiger partial charge is 0.309 e. The maximum Gasteiger partial charge on any atom is 0.309 e. The average Bonchev–Trinajstić information content (AvgIpc) is 2.78. The zero-order valence-electron chi connectivity index (χ0n) is 13.8. The minimum Gasteiger partial charge on any atom is -0.481 e. The lowest BCUT2D eigenvalue weighted by Gasteiger charge is -2.16. The van der Waals surface area contributed by atoms with Crippen molar-refractivity contribution in [2.45, 2.75) is 53.0 Å². The Bertz CT molecular complexity index is 763. The molecule has 2 heterocycles. The van der Waals surface area contributed by atoms with Crippen molar-refractivity contribution in [3.8, 4) is 0 Å². The van der Waals surface area contributed by atoms with Crippen LogP contribution >= 0.6 is 0 Å². The Morgan fingerprint density at radius 1 is 1.32 bits per heavy atom. The molecule has 0 radical (unpaired) electrons. The molecule has 0 atom stereocenters. The zero-order valence-corrected chi connectivity index (χ0v) is 13.8. The molecule has 2 rings (SSSR count). The lowest BCUT2D eigenvalue weighted by molar-refractivity contribution is -0.136. The topological polar surface area (TPSA) is 76.6 Å². The molecule has 0 aliphatic rings. The van der Waals surface area contributed by atoms with Gasteiger partial charge in [0.1, 0.15) is 5.65 Å². The van der Waals surface area contributed by atoms with Gasteiger partial charge in [-0.05, 0) is 5.92 Å². The molecule has 1 N–H and O–H groups in total. The quantitative estimate of drug-likeness (QED) is 0.938. The van der Waals surface area contributed by atoms with E-state index in [0.29, 0.717) is 23.8 Å². The van der Waals surface area contributed by atoms with Crippen molar-refractivity contribution in [3.63, 3.8) is 0 Å². The van der Waals surface area contributed by atoms with Crippen LogP contribution in [0.25, 0.3) is 5.65 Å². The number of carbonyl (C=O) groups is 1. The molecule has 0 aromatic carbocycles. The summed E-state index contributed by atoms with van der Waals surface area (Å²) in [6.45, 7) is 10.8. The molecular weight excluding hydrogens is 282 g/mol. The Morgan fingerprint density at radius 3 is 2.45 bits per heavy atom. The summed E-state index contributed by atoms with van der Waals surface area (Å²) in [6.07, 6.45) is -0.172. The summed E-state index contributed by atoms with van der Waals surface area (Å²) < 4.78 is 3.26. The van der Waals surface area contributed by atoms with Gasteiger partial charge in [-0.1, -0.05) is 34.6 Å². The first-order valence-electron chi connectivity index (χ1n) is 7.44. The van der Waals surface area contributed by atoms with Crippen LogP contribution in [0.4, 0.5) is 0 Å². The van der Waals surface area contributed by atoms with Gasteiger partial charge in [-0.2, -0.15) is 9.61 Å². The number of nitrogens with zero attached hydrogens (tertiary/aromatic N) is 3. The third-order valence-electron chi connectivity index (χ3n) is 3.46. The van der Waals surface area contributed by atoms with Crippen molar-refractivity contribution < 1.29 is 9.90 Å². The molecule has 0 aliphatic carbocycles. The molecule has 6 heteroatoms. The minimum atomic E-state index is -0.947. The Labute approximate surface area is 129 Å². The summed E-state index contributed by atoms with van der Waals surface area (Å²) in [5.41, 5.74) is 1.51. The lowest BCUT2D eigenvalue weighted by atomic mass is 9.92. The summed E-state index contributed by atoms with van der Waals surface area (Å²) in [4.78, 5) is 23.3. The highest BCUT2D eigenvalue weighted by molar-refractivity contribution is 5.70. The highest BCUT2D eigenvalue weighted by atomic mass is 16.4. The number of hydrogen-bond donors (Lipinski definition) is 1. The predicted octanol–water partition coefficient (Wildman–Crippen LogP) is 2.08. The molecule has 0 unspecified atom stereocenters. The van der Waals surface area contributed by atoms with Crippen LogP contribution in [0, 0.1) is 5.92 Å². The van der Waals surface area contributed by atoms with Gasteiger partial charge >= 0.3 is 5.97 Å².